The fourth-order valence-corrected chi connectivity index (χ4v) is 2.25. The van der Waals surface area contributed by atoms with Crippen molar-refractivity contribution in [1.82, 2.24) is 19.6 Å². The maximum Gasteiger partial charge on any atom is 0.341 e. The summed E-state index contributed by atoms with van der Waals surface area (Å²) in [6.07, 6.45) is 1.17. The third-order valence-electron chi connectivity index (χ3n) is 3.44. The predicted molar refractivity (Wildman–Crippen MR) is 83.3 cm³/mol. The first kappa shape index (κ1) is 15.6. The summed E-state index contributed by atoms with van der Waals surface area (Å²) < 4.78 is 10.8. The summed E-state index contributed by atoms with van der Waals surface area (Å²) in [5, 5.41) is 4.38. The van der Waals surface area contributed by atoms with E-state index in [1.165, 1.54) is 24.9 Å². The molecule has 0 unspecified atom stereocenters. The molecule has 24 heavy (non-hydrogen) atoms. The van der Waals surface area contributed by atoms with E-state index in [-0.39, 0.29) is 17.8 Å². The molecule has 0 saturated carbocycles. The molecule has 0 atom stereocenters. The summed E-state index contributed by atoms with van der Waals surface area (Å²) >= 11 is 0. The summed E-state index contributed by atoms with van der Waals surface area (Å²) in [7, 11) is 2.53. The second-order valence-corrected chi connectivity index (χ2v) is 4.88. The van der Waals surface area contributed by atoms with Crippen LogP contribution >= 0.6 is 0 Å². The van der Waals surface area contributed by atoms with Gasteiger partial charge in [0.15, 0.2) is 5.82 Å². The van der Waals surface area contributed by atoms with Crippen molar-refractivity contribution >= 4 is 17.7 Å². The van der Waals surface area contributed by atoms with E-state index in [2.05, 4.69) is 19.8 Å². The Balaban J connectivity index is 2.18. The molecule has 2 aromatic heterocycles. The summed E-state index contributed by atoms with van der Waals surface area (Å²) in [5.41, 5.74) is 1.25. The Bertz CT molecular complexity index is 905. The Hall–Kier alpha value is -3.29. The maximum atomic E-state index is 11.9. The molecule has 3 rings (SSSR count). The van der Waals surface area contributed by atoms with Crippen molar-refractivity contribution in [2.24, 2.45) is 0 Å². The van der Waals surface area contributed by atoms with Crippen LogP contribution in [0.3, 0.4) is 0 Å². The summed E-state index contributed by atoms with van der Waals surface area (Å²) in [6, 6.07) is 9.33. The van der Waals surface area contributed by atoms with Gasteiger partial charge >= 0.3 is 11.9 Å². The van der Waals surface area contributed by atoms with Crippen molar-refractivity contribution in [1.29, 1.82) is 0 Å². The molecule has 0 aliphatic heterocycles. The zero-order chi connectivity index (χ0) is 17.1. The van der Waals surface area contributed by atoms with Crippen LogP contribution in [-0.2, 0) is 20.7 Å². The second kappa shape index (κ2) is 6.45. The van der Waals surface area contributed by atoms with E-state index in [9.17, 15) is 9.59 Å². The average Bonchev–Trinajstić information content (AvgIpc) is 3.06. The first-order valence-electron chi connectivity index (χ1n) is 7.09. The highest BCUT2D eigenvalue weighted by Crippen LogP contribution is 2.18. The lowest BCUT2D eigenvalue weighted by Gasteiger charge is -2.07. The van der Waals surface area contributed by atoms with Gasteiger partial charge in [-0.1, -0.05) is 30.3 Å². The van der Waals surface area contributed by atoms with Crippen molar-refractivity contribution in [2.75, 3.05) is 14.2 Å². The summed E-state index contributed by atoms with van der Waals surface area (Å²) in [6.45, 7) is 0. The molecule has 122 valence electrons. The number of methoxy groups -OCH3 is 2. The fourth-order valence-electron chi connectivity index (χ4n) is 2.25. The molecule has 0 N–H and O–H groups in total. The van der Waals surface area contributed by atoms with Crippen LogP contribution in [0.1, 0.15) is 16.1 Å². The average molecular weight is 326 g/mol. The Morgan fingerprint density at radius 3 is 2.54 bits per heavy atom. The minimum absolute atomic E-state index is 0.139. The zero-order valence-corrected chi connectivity index (χ0v) is 13.1. The number of rotatable bonds is 4. The molecule has 0 spiro atoms. The quantitative estimate of drug-likeness (QED) is 0.667. The maximum absolute atomic E-state index is 11.9. The Labute approximate surface area is 137 Å². The minimum atomic E-state index is -0.611. The molecule has 0 aliphatic carbocycles. The van der Waals surface area contributed by atoms with E-state index in [0.717, 1.165) is 5.56 Å². The normalized spacial score (nSPS) is 10.6. The van der Waals surface area contributed by atoms with Crippen molar-refractivity contribution in [3.8, 4) is 11.4 Å². The zero-order valence-electron chi connectivity index (χ0n) is 13.1. The van der Waals surface area contributed by atoms with E-state index < -0.39 is 11.9 Å². The van der Waals surface area contributed by atoms with Crippen molar-refractivity contribution < 1.29 is 19.1 Å². The SMILES string of the molecule is COC(=O)Cc1c(C(=O)OC)cnc2nc(-c3ccccc3)nn12. The molecular weight excluding hydrogens is 312 g/mol. The lowest BCUT2D eigenvalue weighted by Crippen LogP contribution is -2.16. The Morgan fingerprint density at radius 2 is 1.88 bits per heavy atom. The number of hydrogen-bond acceptors (Lipinski definition) is 7. The largest absolute Gasteiger partial charge is 0.469 e. The van der Waals surface area contributed by atoms with Crippen LogP contribution in [-0.4, -0.2) is 45.7 Å². The molecule has 1 aromatic carbocycles. The third-order valence-corrected chi connectivity index (χ3v) is 3.44. The van der Waals surface area contributed by atoms with Gasteiger partial charge in [-0.3, -0.25) is 4.79 Å². The van der Waals surface area contributed by atoms with Gasteiger partial charge in [0.05, 0.1) is 26.3 Å². The molecule has 0 saturated heterocycles. The minimum Gasteiger partial charge on any atom is -0.469 e. The van der Waals surface area contributed by atoms with Crippen molar-refractivity contribution in [3.05, 3.63) is 47.8 Å². The number of esters is 2. The summed E-state index contributed by atoms with van der Waals surface area (Å²) in [5.74, 6) is -0.402. The fraction of sp³-hybridized carbons (Fsp3) is 0.188. The third kappa shape index (κ3) is 2.81. The highest BCUT2D eigenvalue weighted by molar-refractivity contribution is 5.91. The Kier molecular flexibility index (Phi) is 4.19. The number of carbonyl (C=O) groups is 2. The number of carbonyl (C=O) groups excluding carboxylic acids is 2. The first-order chi connectivity index (χ1) is 11.6. The second-order valence-electron chi connectivity index (χ2n) is 4.88. The molecule has 8 heteroatoms. The smallest absolute Gasteiger partial charge is 0.341 e. The predicted octanol–water partition coefficient (Wildman–Crippen LogP) is 1.29. The molecule has 0 bridgehead atoms. The number of benzene rings is 1. The first-order valence-corrected chi connectivity index (χ1v) is 7.09. The van der Waals surface area contributed by atoms with Crippen LogP contribution in [0.2, 0.25) is 0 Å². The van der Waals surface area contributed by atoms with Gasteiger partial charge in [-0.25, -0.2) is 9.78 Å². The van der Waals surface area contributed by atoms with Gasteiger partial charge in [-0.05, 0) is 0 Å². The van der Waals surface area contributed by atoms with E-state index in [4.69, 9.17) is 4.74 Å². The van der Waals surface area contributed by atoms with Crippen molar-refractivity contribution in [3.63, 3.8) is 0 Å². The van der Waals surface area contributed by atoms with Gasteiger partial charge in [0.1, 0.15) is 5.56 Å². The molecule has 8 nitrogen and oxygen atoms in total. The lowest BCUT2D eigenvalue weighted by molar-refractivity contribution is -0.139. The van der Waals surface area contributed by atoms with Crippen LogP contribution in [0.5, 0.6) is 0 Å². The summed E-state index contributed by atoms with van der Waals surface area (Å²) in [4.78, 5) is 32.1. The van der Waals surface area contributed by atoms with Gasteiger partial charge in [-0.2, -0.15) is 9.50 Å². The molecular formula is C16H14N4O4. The molecule has 0 radical (unpaired) electrons. The van der Waals surface area contributed by atoms with E-state index in [1.54, 1.807) is 0 Å². The van der Waals surface area contributed by atoms with Crippen LogP contribution in [0.4, 0.5) is 0 Å². The number of aromatic nitrogens is 4. The van der Waals surface area contributed by atoms with Crippen LogP contribution in [0.15, 0.2) is 36.5 Å². The molecule has 0 fully saturated rings. The molecule has 2 heterocycles. The van der Waals surface area contributed by atoms with Gasteiger partial charge in [0, 0.05) is 11.8 Å². The molecule has 0 amide bonds. The number of fused-ring (bicyclic) bond motifs is 1. The van der Waals surface area contributed by atoms with E-state index >= 15 is 0 Å². The monoisotopic (exact) mass is 326 g/mol. The van der Waals surface area contributed by atoms with Gasteiger partial charge in [0.2, 0.25) is 0 Å². The number of ether oxygens (including phenoxy) is 2. The van der Waals surface area contributed by atoms with E-state index in [1.807, 2.05) is 30.3 Å². The van der Waals surface area contributed by atoms with Crippen LogP contribution in [0, 0.1) is 0 Å². The molecule has 3 aromatic rings. The standard InChI is InChI=1S/C16H14N4O4/c1-23-13(21)8-12-11(15(22)24-2)9-17-16-18-14(19-20(12)16)10-6-4-3-5-7-10/h3-7,9H,8H2,1-2H3. The Morgan fingerprint density at radius 1 is 1.12 bits per heavy atom. The van der Waals surface area contributed by atoms with Crippen LogP contribution < -0.4 is 0 Å². The van der Waals surface area contributed by atoms with E-state index in [0.29, 0.717) is 11.5 Å². The van der Waals surface area contributed by atoms with Gasteiger partial charge < -0.3 is 9.47 Å². The van der Waals surface area contributed by atoms with Crippen molar-refractivity contribution in [2.45, 2.75) is 6.42 Å². The van der Waals surface area contributed by atoms with Gasteiger partial charge in [-0.15, -0.1) is 5.10 Å². The van der Waals surface area contributed by atoms with Gasteiger partial charge in [0.25, 0.3) is 5.78 Å². The lowest BCUT2D eigenvalue weighted by atomic mass is 10.2. The number of nitrogens with zero attached hydrogens (tertiary/aromatic N) is 4. The highest BCUT2D eigenvalue weighted by atomic mass is 16.5. The van der Waals surface area contributed by atoms with Crippen LogP contribution in [0.25, 0.3) is 17.2 Å². The highest BCUT2D eigenvalue weighted by Gasteiger charge is 2.21. The number of hydrogen-bond donors (Lipinski definition) is 0. The topological polar surface area (TPSA) is 95.7 Å². The molecule has 0 aliphatic rings.